The number of H-pyrrole nitrogens is 1. The molecule has 0 aliphatic carbocycles. The van der Waals surface area contributed by atoms with Gasteiger partial charge in [-0.15, -0.1) is 0 Å². The number of nitrogens with zero attached hydrogens (tertiary/aromatic N) is 5. The molecule has 0 saturated carbocycles. The second kappa shape index (κ2) is 9.76. The highest BCUT2D eigenvalue weighted by Gasteiger charge is 2.34. The van der Waals surface area contributed by atoms with Crippen molar-refractivity contribution in [2.24, 2.45) is 0 Å². The summed E-state index contributed by atoms with van der Waals surface area (Å²) in [6.45, 7) is 3.97. The highest BCUT2D eigenvalue weighted by atomic mass is 32.2. The van der Waals surface area contributed by atoms with Crippen LogP contribution in [0.1, 0.15) is 12.5 Å². The molecule has 0 unspecified atom stereocenters. The van der Waals surface area contributed by atoms with E-state index in [0.29, 0.717) is 36.9 Å². The third-order valence-corrected chi connectivity index (χ3v) is 7.93. The Balaban J connectivity index is 1.21. The molecule has 4 aromatic rings. The lowest BCUT2D eigenvalue weighted by molar-refractivity contribution is -0.136. The van der Waals surface area contributed by atoms with E-state index in [1.54, 1.807) is 24.4 Å². The van der Waals surface area contributed by atoms with Crippen LogP contribution in [-0.4, -0.2) is 76.6 Å². The van der Waals surface area contributed by atoms with E-state index in [0.717, 1.165) is 12.4 Å². The van der Waals surface area contributed by atoms with Crippen molar-refractivity contribution in [3.63, 3.8) is 0 Å². The van der Waals surface area contributed by atoms with Gasteiger partial charge < -0.3 is 9.73 Å². The third-order valence-electron chi connectivity index (χ3n) is 6.16. The predicted octanol–water partition coefficient (Wildman–Crippen LogP) is 3.44. The lowest BCUT2D eigenvalue weighted by atomic mass is 10.1. The first-order chi connectivity index (χ1) is 17.6. The summed E-state index contributed by atoms with van der Waals surface area (Å²) in [5.74, 6) is 0.699. The number of anilines is 1. The zero-order valence-corrected chi connectivity index (χ0v) is 20.6. The summed E-state index contributed by atoms with van der Waals surface area (Å²) >= 11 is 0. The molecule has 1 aromatic carbocycles. The number of alkyl halides is 3. The summed E-state index contributed by atoms with van der Waals surface area (Å²) in [4.78, 5) is 10.1. The molecule has 37 heavy (non-hydrogen) atoms. The van der Waals surface area contributed by atoms with E-state index in [9.17, 15) is 21.6 Å². The Bertz CT molecular complexity index is 1480. The first-order valence-corrected chi connectivity index (χ1v) is 13.0. The lowest BCUT2D eigenvalue weighted by Crippen LogP contribution is -2.50. The summed E-state index contributed by atoms with van der Waals surface area (Å²) in [6, 6.07) is 8.41. The molecule has 0 amide bonds. The fraction of sp³-hybridized carbons (Fsp3) is 0.348. The molecule has 1 aliphatic heterocycles. The van der Waals surface area contributed by atoms with Crippen LogP contribution in [0, 0.1) is 0 Å². The molecule has 4 heterocycles. The van der Waals surface area contributed by atoms with Crippen LogP contribution in [0.25, 0.3) is 22.4 Å². The van der Waals surface area contributed by atoms with Gasteiger partial charge in [-0.3, -0.25) is 10.00 Å². The highest BCUT2D eigenvalue weighted by Crippen LogP contribution is 2.35. The third kappa shape index (κ3) is 5.17. The molecular weight excluding hydrogens is 511 g/mol. The van der Waals surface area contributed by atoms with Crippen LogP contribution in [0.5, 0.6) is 0 Å². The minimum absolute atomic E-state index is 0.130. The van der Waals surface area contributed by atoms with E-state index in [1.165, 1.54) is 16.4 Å². The van der Waals surface area contributed by atoms with Gasteiger partial charge in [0, 0.05) is 50.3 Å². The SMILES string of the molecule is C[C@@H](CN1CCN(S(=O)(=O)c2ccc(-c3ccn[nH]3)o2)CC1)Nc1ncnc2c(C(F)(F)F)cccc12. The maximum absolute atomic E-state index is 13.4. The molecule has 5 rings (SSSR count). The first kappa shape index (κ1) is 25.2. The van der Waals surface area contributed by atoms with Gasteiger partial charge in [-0.05, 0) is 37.3 Å². The molecule has 2 N–H and O–H groups in total. The molecule has 0 spiro atoms. The number of para-hydroxylation sites is 1. The Labute approximate surface area is 210 Å². The number of piperazine rings is 1. The number of hydrogen-bond acceptors (Lipinski definition) is 8. The van der Waals surface area contributed by atoms with Crippen molar-refractivity contribution >= 4 is 26.7 Å². The lowest BCUT2D eigenvalue weighted by Gasteiger charge is -2.35. The number of rotatable bonds is 7. The number of nitrogens with one attached hydrogen (secondary N) is 2. The molecule has 1 saturated heterocycles. The molecule has 10 nitrogen and oxygen atoms in total. The molecule has 0 bridgehead atoms. The topological polar surface area (TPSA) is 120 Å². The smallest absolute Gasteiger partial charge is 0.418 e. The fourth-order valence-corrected chi connectivity index (χ4v) is 5.71. The minimum Gasteiger partial charge on any atom is -0.442 e. The van der Waals surface area contributed by atoms with E-state index in [2.05, 4.69) is 30.4 Å². The van der Waals surface area contributed by atoms with Gasteiger partial charge in [0.1, 0.15) is 17.8 Å². The standard InChI is InChI=1S/C23H24F3N7O3S/c1-15(30-22-16-3-2-4-17(23(24,25)26)21(16)27-14-28-22)13-32-9-11-33(12-10-32)37(34,35)20-6-5-19(36-20)18-7-8-29-31-18/h2-8,14-15H,9-13H2,1H3,(H,29,31)(H,27,28,30)/t15-/m0/s1. The van der Waals surface area contributed by atoms with Crippen LogP contribution in [0.2, 0.25) is 0 Å². The Morgan fingerprint density at radius 3 is 2.59 bits per heavy atom. The summed E-state index contributed by atoms with van der Waals surface area (Å²) in [5, 5.41) is 9.91. The number of fused-ring (bicyclic) bond motifs is 1. The maximum atomic E-state index is 13.4. The van der Waals surface area contributed by atoms with E-state index in [-0.39, 0.29) is 35.1 Å². The van der Waals surface area contributed by atoms with E-state index < -0.39 is 21.8 Å². The summed E-state index contributed by atoms with van der Waals surface area (Å²) in [7, 11) is -3.79. The van der Waals surface area contributed by atoms with Crippen LogP contribution in [0.15, 0.2) is 58.4 Å². The quantitative estimate of drug-likeness (QED) is 0.369. The number of aromatic nitrogens is 4. The fourth-order valence-electron chi connectivity index (χ4n) is 4.37. The number of halogens is 3. The van der Waals surface area contributed by atoms with Crippen molar-refractivity contribution in [2.45, 2.75) is 24.2 Å². The molecule has 0 radical (unpaired) electrons. The maximum Gasteiger partial charge on any atom is 0.418 e. The van der Waals surface area contributed by atoms with E-state index in [4.69, 9.17) is 4.42 Å². The van der Waals surface area contributed by atoms with Gasteiger partial charge in [0.25, 0.3) is 10.0 Å². The van der Waals surface area contributed by atoms with Crippen molar-refractivity contribution in [1.82, 2.24) is 29.4 Å². The van der Waals surface area contributed by atoms with Crippen LogP contribution in [0.3, 0.4) is 0 Å². The number of sulfonamides is 1. The Morgan fingerprint density at radius 1 is 1.11 bits per heavy atom. The minimum atomic E-state index is -4.52. The second-order valence-corrected chi connectivity index (χ2v) is 10.6. The summed E-state index contributed by atoms with van der Waals surface area (Å²) < 4.78 is 73.1. The summed E-state index contributed by atoms with van der Waals surface area (Å²) in [6.07, 6.45) is -1.86. The van der Waals surface area contributed by atoms with Crippen molar-refractivity contribution in [1.29, 1.82) is 0 Å². The summed E-state index contributed by atoms with van der Waals surface area (Å²) in [5.41, 5.74) is -0.389. The average Bonchev–Trinajstić information content (AvgIpc) is 3.56. The zero-order valence-electron chi connectivity index (χ0n) is 19.7. The van der Waals surface area contributed by atoms with Gasteiger partial charge in [0.05, 0.1) is 11.1 Å². The Hall–Kier alpha value is -3.49. The number of aromatic amines is 1. The largest absolute Gasteiger partial charge is 0.442 e. The van der Waals surface area contributed by atoms with Gasteiger partial charge in [0.2, 0.25) is 5.09 Å². The van der Waals surface area contributed by atoms with Gasteiger partial charge in [-0.1, -0.05) is 6.07 Å². The van der Waals surface area contributed by atoms with Gasteiger partial charge in [-0.2, -0.15) is 22.6 Å². The van der Waals surface area contributed by atoms with E-state index >= 15 is 0 Å². The second-order valence-electron chi connectivity index (χ2n) is 8.76. The van der Waals surface area contributed by atoms with Gasteiger partial charge >= 0.3 is 6.18 Å². The van der Waals surface area contributed by atoms with Crippen molar-refractivity contribution in [2.75, 3.05) is 38.0 Å². The van der Waals surface area contributed by atoms with Crippen LogP contribution >= 0.6 is 0 Å². The van der Waals surface area contributed by atoms with Crippen LogP contribution in [0.4, 0.5) is 19.0 Å². The number of hydrogen-bond donors (Lipinski definition) is 2. The Kier molecular flexibility index (Phi) is 6.64. The molecule has 1 aliphatic rings. The molecule has 196 valence electrons. The monoisotopic (exact) mass is 535 g/mol. The zero-order chi connectivity index (χ0) is 26.2. The molecule has 14 heteroatoms. The van der Waals surface area contributed by atoms with Crippen molar-refractivity contribution < 1.29 is 26.0 Å². The average molecular weight is 536 g/mol. The Morgan fingerprint density at radius 2 is 1.89 bits per heavy atom. The van der Waals surface area contributed by atoms with Gasteiger partial charge in [-0.25, -0.2) is 18.4 Å². The first-order valence-electron chi connectivity index (χ1n) is 11.5. The van der Waals surface area contributed by atoms with E-state index in [1.807, 2.05) is 6.92 Å². The number of benzene rings is 1. The van der Waals surface area contributed by atoms with Crippen LogP contribution < -0.4 is 5.32 Å². The highest BCUT2D eigenvalue weighted by molar-refractivity contribution is 7.89. The predicted molar refractivity (Wildman–Crippen MR) is 129 cm³/mol. The van der Waals surface area contributed by atoms with Crippen molar-refractivity contribution in [3.8, 4) is 11.5 Å². The van der Waals surface area contributed by atoms with Crippen molar-refractivity contribution in [3.05, 3.63) is 54.5 Å². The molecule has 3 aromatic heterocycles. The van der Waals surface area contributed by atoms with Gasteiger partial charge in [0.15, 0.2) is 5.76 Å². The molecule has 1 atom stereocenters. The molecular formula is C23H24F3N7O3S. The number of furan rings is 1. The normalized spacial score (nSPS) is 16.8. The van der Waals surface area contributed by atoms with Crippen LogP contribution in [-0.2, 0) is 16.2 Å². The molecule has 1 fully saturated rings.